The van der Waals surface area contributed by atoms with Crippen LogP contribution >= 0.6 is 23.4 Å². The number of nitrogens with zero attached hydrogens (tertiary/aromatic N) is 4. The van der Waals surface area contributed by atoms with Crippen LogP contribution in [-0.2, 0) is 10.5 Å². The molecule has 0 N–H and O–H groups in total. The van der Waals surface area contributed by atoms with Crippen LogP contribution in [0.2, 0.25) is 5.02 Å². The number of aromatic nitrogens is 1. The zero-order valence-corrected chi connectivity index (χ0v) is 24.4. The summed E-state index contributed by atoms with van der Waals surface area (Å²) in [5.74, 6) is -1.22. The number of carbonyl (C=O) groups is 2. The van der Waals surface area contributed by atoms with Crippen molar-refractivity contribution in [2.75, 3.05) is 38.0 Å². The third-order valence-corrected chi connectivity index (χ3v) is 9.28. The SMILES string of the molecule is C[C@@H](N1CN([C@@H]2c3ccccc3SCc3c(Cl)cccc32)n2ccc(=O)c(OC(=O)N3CCOCC3)c2C1=O)C(F)(F)F. The Hall–Kier alpha value is -3.68. The molecule has 0 radical (unpaired) electrons. The Balaban J connectivity index is 1.56. The van der Waals surface area contributed by atoms with Gasteiger partial charge in [0.2, 0.25) is 11.2 Å². The van der Waals surface area contributed by atoms with Crippen molar-refractivity contribution in [2.45, 2.75) is 35.8 Å². The number of rotatable bonds is 3. The van der Waals surface area contributed by atoms with Crippen LogP contribution in [-0.4, -0.2) is 71.7 Å². The minimum absolute atomic E-state index is 0.195. The molecule has 0 spiro atoms. The fourth-order valence-electron chi connectivity index (χ4n) is 5.48. The minimum Gasteiger partial charge on any atom is -0.403 e. The van der Waals surface area contributed by atoms with Gasteiger partial charge in [0.25, 0.3) is 5.91 Å². The number of hydrogen-bond donors (Lipinski definition) is 0. The molecule has 2 atom stereocenters. The van der Waals surface area contributed by atoms with Crippen LogP contribution in [0, 0.1) is 0 Å². The lowest BCUT2D eigenvalue weighted by Gasteiger charge is -2.46. The van der Waals surface area contributed by atoms with E-state index in [9.17, 15) is 27.6 Å². The first-order valence-electron chi connectivity index (χ1n) is 13.5. The van der Waals surface area contributed by atoms with Crippen LogP contribution in [0.5, 0.6) is 5.75 Å². The number of ether oxygens (including phenoxy) is 2. The first kappa shape index (κ1) is 29.4. The third kappa shape index (κ3) is 5.34. The Kier molecular flexibility index (Phi) is 7.82. The highest BCUT2D eigenvalue weighted by molar-refractivity contribution is 7.98. The largest absolute Gasteiger partial charge is 0.415 e. The Morgan fingerprint density at radius 3 is 2.53 bits per heavy atom. The monoisotopic (exact) mass is 634 g/mol. The number of hydrogen-bond acceptors (Lipinski definition) is 7. The molecule has 0 bridgehead atoms. The number of pyridine rings is 1. The fraction of sp³-hybridized carbons (Fsp3) is 0.345. The normalized spacial score (nSPS) is 19.2. The van der Waals surface area contributed by atoms with E-state index in [0.717, 1.165) is 34.6 Å². The lowest BCUT2D eigenvalue weighted by molar-refractivity contribution is -0.173. The quantitative estimate of drug-likeness (QED) is 0.400. The predicted molar refractivity (Wildman–Crippen MR) is 153 cm³/mol. The lowest BCUT2D eigenvalue weighted by Crippen LogP contribution is -2.60. The molecule has 2 amide bonds. The van der Waals surface area contributed by atoms with Crippen LogP contribution < -0.4 is 15.2 Å². The number of benzene rings is 2. The molecule has 1 fully saturated rings. The van der Waals surface area contributed by atoms with Crippen molar-refractivity contribution in [1.29, 1.82) is 0 Å². The Bertz CT molecular complexity index is 1650. The molecule has 43 heavy (non-hydrogen) atoms. The first-order chi connectivity index (χ1) is 20.6. The number of fused-ring (bicyclic) bond motifs is 3. The van der Waals surface area contributed by atoms with Crippen LogP contribution in [0.4, 0.5) is 18.0 Å². The highest BCUT2D eigenvalue weighted by atomic mass is 35.5. The molecule has 0 unspecified atom stereocenters. The minimum atomic E-state index is -4.78. The summed E-state index contributed by atoms with van der Waals surface area (Å²) in [5.41, 5.74) is 1.01. The number of carbonyl (C=O) groups excluding carboxylic acids is 2. The van der Waals surface area contributed by atoms with Crippen molar-refractivity contribution in [1.82, 2.24) is 14.5 Å². The van der Waals surface area contributed by atoms with E-state index in [1.165, 1.54) is 15.8 Å². The second kappa shape index (κ2) is 11.4. The number of morpholine rings is 1. The van der Waals surface area contributed by atoms with Gasteiger partial charge in [0, 0.05) is 41.0 Å². The van der Waals surface area contributed by atoms with Crippen molar-refractivity contribution in [3.63, 3.8) is 0 Å². The summed E-state index contributed by atoms with van der Waals surface area (Å²) in [6.07, 6.45) is -4.35. The summed E-state index contributed by atoms with van der Waals surface area (Å²) in [7, 11) is 0. The van der Waals surface area contributed by atoms with Crippen LogP contribution in [0.1, 0.15) is 40.1 Å². The van der Waals surface area contributed by atoms with E-state index in [-0.39, 0.29) is 26.3 Å². The van der Waals surface area contributed by atoms with Gasteiger partial charge in [-0.2, -0.15) is 13.2 Å². The van der Waals surface area contributed by atoms with Gasteiger partial charge >= 0.3 is 12.3 Å². The second-order valence-corrected chi connectivity index (χ2v) is 11.7. The van der Waals surface area contributed by atoms with E-state index in [1.54, 1.807) is 28.9 Å². The Morgan fingerprint density at radius 2 is 1.79 bits per heavy atom. The first-order valence-corrected chi connectivity index (χ1v) is 14.9. The molecule has 9 nitrogen and oxygen atoms in total. The highest BCUT2D eigenvalue weighted by Gasteiger charge is 2.48. The highest BCUT2D eigenvalue weighted by Crippen LogP contribution is 2.45. The summed E-state index contributed by atoms with van der Waals surface area (Å²) < 4.78 is 54.6. The van der Waals surface area contributed by atoms with Crippen molar-refractivity contribution in [3.05, 3.63) is 92.4 Å². The summed E-state index contributed by atoms with van der Waals surface area (Å²) in [5, 5.41) is 2.07. The van der Waals surface area contributed by atoms with E-state index >= 15 is 0 Å². The smallest absolute Gasteiger partial charge is 0.403 e. The molecule has 6 rings (SSSR count). The molecule has 3 aromatic rings. The standard InChI is InChI=1S/C29H26ClF3N4O5S/c1-17(29(31,32)33)35-16-37(24-18-6-4-7-21(30)20(18)15-43-23-8-3-2-5-19(23)24)36-10-9-22(38)26(25(36)27(35)39)42-28(40)34-11-13-41-14-12-34/h2-10,17,24H,11-16H2,1H3/t17-,24+/m1/s1. The molecule has 226 valence electrons. The van der Waals surface area contributed by atoms with Gasteiger partial charge in [-0.1, -0.05) is 41.9 Å². The van der Waals surface area contributed by atoms with Crippen molar-refractivity contribution in [2.24, 2.45) is 0 Å². The number of halogens is 4. The van der Waals surface area contributed by atoms with Crippen LogP contribution in [0.15, 0.2) is 64.4 Å². The lowest BCUT2D eigenvalue weighted by atomic mass is 9.94. The average molecular weight is 635 g/mol. The van der Waals surface area contributed by atoms with Gasteiger partial charge in [-0.15, -0.1) is 11.8 Å². The molecule has 0 saturated carbocycles. The van der Waals surface area contributed by atoms with Gasteiger partial charge in [-0.25, -0.2) is 4.79 Å². The second-order valence-electron chi connectivity index (χ2n) is 10.3. The van der Waals surface area contributed by atoms with E-state index in [0.29, 0.717) is 15.7 Å². The van der Waals surface area contributed by atoms with Crippen LogP contribution in [0.3, 0.4) is 0 Å². The molecule has 14 heteroatoms. The number of alkyl halides is 3. The molecular formula is C29H26ClF3N4O5S. The summed E-state index contributed by atoms with van der Waals surface area (Å²) in [6.45, 7) is 1.30. The Morgan fingerprint density at radius 1 is 1.07 bits per heavy atom. The molecule has 3 aliphatic rings. The van der Waals surface area contributed by atoms with Gasteiger partial charge in [0.05, 0.1) is 19.3 Å². The molecule has 0 aliphatic carbocycles. The molecule has 1 saturated heterocycles. The van der Waals surface area contributed by atoms with E-state index < -0.39 is 53.8 Å². The maximum atomic E-state index is 14.2. The molecule has 1 aromatic heterocycles. The zero-order valence-electron chi connectivity index (χ0n) is 22.8. The molecule has 2 aromatic carbocycles. The fourth-order valence-corrected chi connectivity index (χ4v) is 6.95. The predicted octanol–water partition coefficient (Wildman–Crippen LogP) is 5.03. The number of thioether (sulfide) groups is 1. The third-order valence-electron chi connectivity index (χ3n) is 7.81. The van der Waals surface area contributed by atoms with E-state index in [2.05, 4.69) is 0 Å². The van der Waals surface area contributed by atoms with E-state index in [4.69, 9.17) is 21.1 Å². The number of amides is 2. The molecule has 4 heterocycles. The van der Waals surface area contributed by atoms with Crippen LogP contribution in [0.25, 0.3) is 0 Å². The summed E-state index contributed by atoms with van der Waals surface area (Å²) in [6, 6.07) is 11.0. The zero-order chi connectivity index (χ0) is 30.5. The summed E-state index contributed by atoms with van der Waals surface area (Å²) in [4.78, 5) is 42.9. The maximum absolute atomic E-state index is 14.2. The topological polar surface area (TPSA) is 84.3 Å². The van der Waals surface area contributed by atoms with Gasteiger partial charge in [-0.05, 0) is 35.7 Å². The van der Waals surface area contributed by atoms with Gasteiger partial charge in [0.15, 0.2) is 5.69 Å². The Labute approximate surface area is 253 Å². The molecular weight excluding hydrogens is 609 g/mol. The molecule has 3 aliphatic heterocycles. The van der Waals surface area contributed by atoms with E-state index in [1.807, 2.05) is 30.3 Å². The summed E-state index contributed by atoms with van der Waals surface area (Å²) >= 11 is 8.18. The average Bonchev–Trinajstić information content (AvgIpc) is 3.16. The van der Waals surface area contributed by atoms with Gasteiger partial charge in [0.1, 0.15) is 12.7 Å². The maximum Gasteiger partial charge on any atom is 0.415 e. The van der Waals surface area contributed by atoms with Gasteiger partial charge in [-0.3, -0.25) is 19.3 Å². The van der Waals surface area contributed by atoms with Gasteiger partial charge < -0.3 is 19.3 Å². The van der Waals surface area contributed by atoms with Crippen molar-refractivity contribution in [3.8, 4) is 5.75 Å². The van der Waals surface area contributed by atoms with Crippen molar-refractivity contribution < 1.29 is 32.2 Å². The van der Waals surface area contributed by atoms with Crippen molar-refractivity contribution >= 4 is 35.4 Å².